The summed E-state index contributed by atoms with van der Waals surface area (Å²) in [5.74, 6) is 0.185. The first kappa shape index (κ1) is 19.6. The Bertz CT molecular complexity index is 797. The molecule has 0 fully saturated rings. The first-order valence-electron chi connectivity index (χ1n) is 7.69. The Morgan fingerprint density at radius 1 is 1.04 bits per heavy atom. The average Bonchev–Trinajstić information content (AvgIpc) is 2.64. The number of hydrogen-bond donors (Lipinski definition) is 2. The van der Waals surface area contributed by atoms with E-state index in [1.807, 2.05) is 6.07 Å². The third-order valence-electron chi connectivity index (χ3n) is 3.42. The van der Waals surface area contributed by atoms with Crippen molar-refractivity contribution in [1.82, 2.24) is 10.9 Å². The summed E-state index contributed by atoms with van der Waals surface area (Å²) in [5, 5.41) is 0. The normalized spacial score (nSPS) is 11.2. The summed E-state index contributed by atoms with van der Waals surface area (Å²) in [6, 6.07) is 12.0. The predicted molar refractivity (Wildman–Crippen MR) is 99.4 cm³/mol. The standard InChI is InChI=1S/C18H19BrN2O5/c1-11(26-13-7-4-6-12(19)10-13)17(22)20-21-18(23)14-8-5-9-15(24-2)16(14)25-3/h4-11H,1-3H3,(H,20,22)(H,21,23). The molecule has 0 aliphatic carbocycles. The highest BCUT2D eigenvalue weighted by Gasteiger charge is 2.19. The molecule has 0 spiro atoms. The van der Waals surface area contributed by atoms with Gasteiger partial charge in [0, 0.05) is 4.47 Å². The molecule has 2 N–H and O–H groups in total. The lowest BCUT2D eigenvalue weighted by molar-refractivity contribution is -0.128. The Morgan fingerprint density at radius 2 is 1.77 bits per heavy atom. The summed E-state index contributed by atoms with van der Waals surface area (Å²) in [4.78, 5) is 24.4. The number of halogens is 1. The van der Waals surface area contributed by atoms with Crippen LogP contribution >= 0.6 is 15.9 Å². The molecule has 0 aromatic heterocycles. The maximum absolute atomic E-state index is 12.3. The lowest BCUT2D eigenvalue weighted by atomic mass is 10.2. The molecule has 1 atom stereocenters. The van der Waals surface area contributed by atoms with Gasteiger partial charge < -0.3 is 14.2 Å². The van der Waals surface area contributed by atoms with Gasteiger partial charge >= 0.3 is 0 Å². The topological polar surface area (TPSA) is 85.9 Å². The van der Waals surface area contributed by atoms with Gasteiger partial charge in [-0.1, -0.05) is 28.1 Å². The molecule has 2 aromatic rings. The minimum atomic E-state index is -0.809. The summed E-state index contributed by atoms with van der Waals surface area (Å²) in [6.45, 7) is 1.58. The molecule has 2 rings (SSSR count). The summed E-state index contributed by atoms with van der Waals surface area (Å²) in [5.41, 5.74) is 4.90. The molecule has 0 heterocycles. The fourth-order valence-electron chi connectivity index (χ4n) is 2.15. The fraction of sp³-hybridized carbons (Fsp3) is 0.222. The van der Waals surface area contributed by atoms with Crippen molar-refractivity contribution < 1.29 is 23.8 Å². The molecule has 138 valence electrons. The zero-order valence-corrected chi connectivity index (χ0v) is 16.1. The summed E-state index contributed by atoms with van der Waals surface area (Å²) in [6.07, 6.45) is -0.809. The Kier molecular flexibility index (Phi) is 6.85. The van der Waals surface area contributed by atoms with Crippen LogP contribution in [-0.2, 0) is 4.79 Å². The zero-order valence-electron chi connectivity index (χ0n) is 14.5. The number of carbonyl (C=O) groups excluding carboxylic acids is 2. The fourth-order valence-corrected chi connectivity index (χ4v) is 2.53. The van der Waals surface area contributed by atoms with Crippen LogP contribution in [0.4, 0.5) is 0 Å². The quantitative estimate of drug-likeness (QED) is 0.698. The maximum Gasteiger partial charge on any atom is 0.279 e. The van der Waals surface area contributed by atoms with Crippen LogP contribution < -0.4 is 25.1 Å². The number of amides is 2. The smallest absolute Gasteiger partial charge is 0.279 e. The van der Waals surface area contributed by atoms with E-state index < -0.39 is 17.9 Å². The third-order valence-corrected chi connectivity index (χ3v) is 3.92. The van der Waals surface area contributed by atoms with E-state index >= 15 is 0 Å². The number of hydrogen-bond acceptors (Lipinski definition) is 5. The number of rotatable bonds is 6. The highest BCUT2D eigenvalue weighted by atomic mass is 79.9. The van der Waals surface area contributed by atoms with Crippen LogP contribution in [0, 0.1) is 0 Å². The maximum atomic E-state index is 12.3. The molecule has 0 aliphatic heterocycles. The predicted octanol–water partition coefficient (Wildman–Crippen LogP) is 2.69. The van der Waals surface area contributed by atoms with E-state index in [2.05, 4.69) is 26.8 Å². The van der Waals surface area contributed by atoms with Gasteiger partial charge in [0.15, 0.2) is 17.6 Å². The van der Waals surface area contributed by atoms with Gasteiger partial charge in [-0.2, -0.15) is 0 Å². The molecule has 2 amide bonds. The highest BCUT2D eigenvalue weighted by Crippen LogP contribution is 2.30. The number of benzene rings is 2. The molecule has 0 saturated carbocycles. The summed E-state index contributed by atoms with van der Waals surface area (Å²) < 4.78 is 16.7. The Morgan fingerprint density at radius 3 is 2.42 bits per heavy atom. The van der Waals surface area contributed by atoms with E-state index in [4.69, 9.17) is 14.2 Å². The van der Waals surface area contributed by atoms with E-state index in [0.717, 1.165) is 4.47 Å². The van der Waals surface area contributed by atoms with E-state index in [9.17, 15) is 9.59 Å². The van der Waals surface area contributed by atoms with Gasteiger partial charge in [0.05, 0.1) is 19.8 Å². The Balaban J connectivity index is 1.97. The number of ether oxygens (including phenoxy) is 3. The number of para-hydroxylation sites is 1. The Labute approximate surface area is 159 Å². The Hall–Kier alpha value is -2.74. The number of hydrazine groups is 1. The van der Waals surface area contributed by atoms with E-state index in [0.29, 0.717) is 11.5 Å². The number of nitrogens with one attached hydrogen (secondary N) is 2. The molecule has 7 nitrogen and oxygen atoms in total. The average molecular weight is 423 g/mol. The van der Waals surface area contributed by atoms with Crippen molar-refractivity contribution in [2.24, 2.45) is 0 Å². The van der Waals surface area contributed by atoms with Gasteiger partial charge in [0.2, 0.25) is 0 Å². The van der Waals surface area contributed by atoms with Crippen molar-refractivity contribution in [2.45, 2.75) is 13.0 Å². The lowest BCUT2D eigenvalue weighted by Crippen LogP contribution is -2.47. The molecular weight excluding hydrogens is 404 g/mol. The summed E-state index contributed by atoms with van der Waals surface area (Å²) >= 11 is 3.33. The molecule has 2 aromatic carbocycles. The highest BCUT2D eigenvalue weighted by molar-refractivity contribution is 9.10. The largest absolute Gasteiger partial charge is 0.493 e. The van der Waals surface area contributed by atoms with Gasteiger partial charge in [-0.25, -0.2) is 0 Å². The molecule has 0 radical (unpaired) electrons. The molecule has 0 aliphatic rings. The van der Waals surface area contributed by atoms with Crippen LogP contribution in [-0.4, -0.2) is 32.1 Å². The van der Waals surface area contributed by atoms with Crippen LogP contribution in [0.3, 0.4) is 0 Å². The lowest BCUT2D eigenvalue weighted by Gasteiger charge is -2.16. The van der Waals surface area contributed by atoms with Gasteiger partial charge in [0.25, 0.3) is 11.8 Å². The van der Waals surface area contributed by atoms with E-state index in [-0.39, 0.29) is 11.3 Å². The van der Waals surface area contributed by atoms with Crippen molar-refractivity contribution in [3.63, 3.8) is 0 Å². The molecular formula is C18H19BrN2O5. The van der Waals surface area contributed by atoms with Crippen molar-refractivity contribution in [1.29, 1.82) is 0 Å². The van der Waals surface area contributed by atoms with Crippen LogP contribution in [0.1, 0.15) is 17.3 Å². The first-order valence-corrected chi connectivity index (χ1v) is 8.49. The molecule has 1 unspecified atom stereocenters. The SMILES string of the molecule is COc1cccc(C(=O)NNC(=O)C(C)Oc2cccc(Br)c2)c1OC. The first-order chi connectivity index (χ1) is 12.5. The molecule has 0 bridgehead atoms. The van der Waals surface area contributed by atoms with Gasteiger partial charge in [0.1, 0.15) is 5.75 Å². The second-order valence-corrected chi connectivity index (χ2v) is 6.12. The van der Waals surface area contributed by atoms with Crippen molar-refractivity contribution in [3.8, 4) is 17.2 Å². The number of methoxy groups -OCH3 is 2. The van der Waals surface area contributed by atoms with Gasteiger partial charge in [-0.3, -0.25) is 20.4 Å². The van der Waals surface area contributed by atoms with Crippen molar-refractivity contribution in [2.75, 3.05) is 14.2 Å². The van der Waals surface area contributed by atoms with Gasteiger partial charge in [-0.15, -0.1) is 0 Å². The van der Waals surface area contributed by atoms with E-state index in [1.54, 1.807) is 43.3 Å². The molecule has 0 saturated heterocycles. The van der Waals surface area contributed by atoms with Crippen LogP contribution in [0.5, 0.6) is 17.2 Å². The minimum absolute atomic E-state index is 0.229. The van der Waals surface area contributed by atoms with Crippen LogP contribution in [0.15, 0.2) is 46.9 Å². The second kappa shape index (κ2) is 9.10. The van der Waals surface area contributed by atoms with Crippen LogP contribution in [0.25, 0.3) is 0 Å². The third kappa shape index (κ3) is 4.89. The van der Waals surface area contributed by atoms with Crippen molar-refractivity contribution >= 4 is 27.7 Å². The second-order valence-electron chi connectivity index (χ2n) is 5.20. The van der Waals surface area contributed by atoms with Crippen LogP contribution in [0.2, 0.25) is 0 Å². The van der Waals surface area contributed by atoms with Crippen molar-refractivity contribution in [3.05, 3.63) is 52.5 Å². The zero-order chi connectivity index (χ0) is 19.1. The molecule has 26 heavy (non-hydrogen) atoms. The monoisotopic (exact) mass is 422 g/mol. The minimum Gasteiger partial charge on any atom is -0.493 e. The number of carbonyl (C=O) groups is 2. The summed E-state index contributed by atoms with van der Waals surface area (Å²) in [7, 11) is 2.91. The van der Waals surface area contributed by atoms with Gasteiger partial charge in [-0.05, 0) is 37.3 Å². The molecule has 8 heteroatoms. The van der Waals surface area contributed by atoms with E-state index in [1.165, 1.54) is 14.2 Å².